The molecular weight excluding hydrogens is 287 g/mol. The summed E-state index contributed by atoms with van der Waals surface area (Å²) < 4.78 is 41.6. The van der Waals surface area contributed by atoms with Crippen LogP contribution in [0, 0.1) is 0 Å². The van der Waals surface area contributed by atoms with E-state index in [0.717, 1.165) is 0 Å². The van der Waals surface area contributed by atoms with Crippen molar-refractivity contribution in [1.82, 2.24) is 15.1 Å². The summed E-state index contributed by atoms with van der Waals surface area (Å²) in [6, 6.07) is -0.354. The lowest BCUT2D eigenvalue weighted by Crippen LogP contribution is -2.50. The van der Waals surface area contributed by atoms with Crippen molar-refractivity contribution in [2.45, 2.75) is 25.6 Å². The molecule has 1 aliphatic rings. The summed E-state index contributed by atoms with van der Waals surface area (Å²) in [5.41, 5.74) is 0. The molecule has 0 aromatic heterocycles. The summed E-state index contributed by atoms with van der Waals surface area (Å²) in [5, 5.41) is 3.05. The van der Waals surface area contributed by atoms with Gasteiger partial charge in [0.05, 0.1) is 13.7 Å². The van der Waals surface area contributed by atoms with E-state index in [1.807, 2.05) is 6.92 Å². The highest BCUT2D eigenvalue weighted by atomic mass is 19.4. The minimum atomic E-state index is -4.14. The Morgan fingerprint density at radius 3 is 2.29 bits per heavy atom. The van der Waals surface area contributed by atoms with Crippen molar-refractivity contribution in [2.75, 3.05) is 52.9 Å². The minimum absolute atomic E-state index is 0.299. The zero-order chi connectivity index (χ0) is 15.9. The number of nitrogens with one attached hydrogen (secondary N) is 1. The van der Waals surface area contributed by atoms with Gasteiger partial charge < -0.3 is 15.0 Å². The molecule has 0 aromatic rings. The van der Waals surface area contributed by atoms with Crippen LogP contribution in [0.2, 0.25) is 0 Å². The Morgan fingerprint density at radius 2 is 1.81 bits per heavy atom. The third-order valence-electron chi connectivity index (χ3n) is 3.54. The van der Waals surface area contributed by atoms with E-state index in [4.69, 9.17) is 4.74 Å². The van der Waals surface area contributed by atoms with Crippen LogP contribution in [0.1, 0.15) is 13.3 Å². The van der Waals surface area contributed by atoms with Crippen LogP contribution in [-0.4, -0.2) is 80.9 Å². The predicted octanol–water partition coefficient (Wildman–Crippen LogP) is 0.708. The van der Waals surface area contributed by atoms with Gasteiger partial charge in [-0.3, -0.25) is 9.69 Å². The molecule has 1 atom stereocenters. The van der Waals surface area contributed by atoms with Gasteiger partial charge in [-0.25, -0.2) is 0 Å². The monoisotopic (exact) mass is 311 g/mol. The average Bonchev–Trinajstić information content (AvgIpc) is 2.42. The van der Waals surface area contributed by atoms with Crippen LogP contribution in [0.3, 0.4) is 0 Å². The van der Waals surface area contributed by atoms with Crippen molar-refractivity contribution in [1.29, 1.82) is 0 Å². The molecule has 0 bridgehead atoms. The van der Waals surface area contributed by atoms with Crippen LogP contribution in [0.4, 0.5) is 13.2 Å². The Kier molecular flexibility index (Phi) is 7.41. The second-order valence-corrected chi connectivity index (χ2v) is 5.16. The first-order valence-electron chi connectivity index (χ1n) is 7.18. The van der Waals surface area contributed by atoms with Crippen LogP contribution in [0.25, 0.3) is 0 Å². The van der Waals surface area contributed by atoms with E-state index < -0.39 is 12.7 Å². The molecule has 1 heterocycles. The molecule has 0 aromatic carbocycles. The first-order valence-corrected chi connectivity index (χ1v) is 7.18. The van der Waals surface area contributed by atoms with Crippen molar-refractivity contribution in [3.63, 3.8) is 0 Å². The van der Waals surface area contributed by atoms with Crippen molar-refractivity contribution in [3.8, 4) is 0 Å². The molecule has 21 heavy (non-hydrogen) atoms. The second kappa shape index (κ2) is 8.55. The second-order valence-electron chi connectivity index (χ2n) is 5.16. The number of hydrogen-bond acceptors (Lipinski definition) is 5. The lowest BCUT2D eigenvalue weighted by atomic mass is 10.2. The standard InChI is InChI=1S/C13H24F3N3O2/c1-3-17-11(12(20)21-2)4-5-18-6-8-19(9-7-18)10-13(14,15)16/h11,17H,3-10H2,1-2H3. The molecule has 0 saturated carbocycles. The number of methoxy groups -OCH3 is 1. The number of hydrogen-bond donors (Lipinski definition) is 1. The van der Waals surface area contributed by atoms with Gasteiger partial charge in [0, 0.05) is 32.7 Å². The highest BCUT2D eigenvalue weighted by molar-refractivity contribution is 5.75. The van der Waals surface area contributed by atoms with Gasteiger partial charge in [0.25, 0.3) is 0 Å². The number of carbonyl (C=O) groups excluding carboxylic acids is 1. The smallest absolute Gasteiger partial charge is 0.401 e. The maximum atomic E-state index is 12.3. The van der Waals surface area contributed by atoms with Gasteiger partial charge >= 0.3 is 12.1 Å². The first kappa shape index (κ1) is 18.2. The van der Waals surface area contributed by atoms with E-state index in [1.165, 1.54) is 12.0 Å². The van der Waals surface area contributed by atoms with E-state index in [2.05, 4.69) is 10.2 Å². The van der Waals surface area contributed by atoms with Gasteiger partial charge in [-0.1, -0.05) is 6.92 Å². The van der Waals surface area contributed by atoms with Crippen LogP contribution in [0.5, 0.6) is 0 Å². The first-order chi connectivity index (χ1) is 9.85. The molecule has 1 N–H and O–H groups in total. The van der Waals surface area contributed by atoms with Crippen molar-refractivity contribution in [2.24, 2.45) is 0 Å². The van der Waals surface area contributed by atoms with Crippen LogP contribution < -0.4 is 5.32 Å². The normalized spacial score (nSPS) is 19.5. The molecule has 1 unspecified atom stereocenters. The highest BCUT2D eigenvalue weighted by Gasteiger charge is 2.32. The van der Waals surface area contributed by atoms with Crippen LogP contribution >= 0.6 is 0 Å². The molecule has 0 amide bonds. The summed E-state index contributed by atoms with van der Waals surface area (Å²) in [7, 11) is 1.35. The van der Waals surface area contributed by atoms with E-state index in [-0.39, 0.29) is 12.0 Å². The van der Waals surface area contributed by atoms with Gasteiger partial charge in [0.15, 0.2) is 0 Å². The maximum absolute atomic E-state index is 12.3. The molecule has 1 rings (SSSR count). The summed E-state index contributed by atoms with van der Waals surface area (Å²) in [6.45, 7) is 4.40. The topological polar surface area (TPSA) is 44.8 Å². The predicted molar refractivity (Wildman–Crippen MR) is 73.0 cm³/mol. The molecule has 8 heteroatoms. The van der Waals surface area contributed by atoms with Gasteiger partial charge in [-0.15, -0.1) is 0 Å². The lowest BCUT2D eigenvalue weighted by Gasteiger charge is -2.35. The molecule has 0 aliphatic carbocycles. The Balaban J connectivity index is 2.30. The highest BCUT2D eigenvalue weighted by Crippen LogP contribution is 2.17. The number of likely N-dealkylation sites (N-methyl/N-ethyl adjacent to an activating group) is 1. The third kappa shape index (κ3) is 7.10. The molecule has 0 radical (unpaired) electrons. The van der Waals surface area contributed by atoms with E-state index >= 15 is 0 Å². The third-order valence-corrected chi connectivity index (χ3v) is 3.54. The van der Waals surface area contributed by atoms with E-state index in [0.29, 0.717) is 45.7 Å². The van der Waals surface area contributed by atoms with Crippen molar-refractivity contribution >= 4 is 5.97 Å². The maximum Gasteiger partial charge on any atom is 0.401 e. The minimum Gasteiger partial charge on any atom is -0.468 e. The fraction of sp³-hybridized carbons (Fsp3) is 0.923. The van der Waals surface area contributed by atoms with Crippen LogP contribution in [0.15, 0.2) is 0 Å². The lowest BCUT2D eigenvalue weighted by molar-refractivity contribution is -0.149. The molecule has 124 valence electrons. The number of carbonyl (C=O) groups is 1. The summed E-state index contributed by atoms with van der Waals surface area (Å²) in [6.07, 6.45) is -3.54. The van der Waals surface area contributed by atoms with Gasteiger partial charge in [0.1, 0.15) is 6.04 Å². The number of piperazine rings is 1. The number of esters is 1. The van der Waals surface area contributed by atoms with Crippen LogP contribution in [-0.2, 0) is 9.53 Å². The Hall–Kier alpha value is -0.860. The SMILES string of the molecule is CCNC(CCN1CCN(CC(F)(F)F)CC1)C(=O)OC. The van der Waals surface area contributed by atoms with Gasteiger partial charge in [-0.05, 0) is 13.0 Å². The largest absolute Gasteiger partial charge is 0.468 e. The number of ether oxygens (including phenoxy) is 1. The molecular formula is C13H24F3N3O2. The number of nitrogens with zero attached hydrogens (tertiary/aromatic N) is 2. The Bertz CT molecular complexity index is 318. The average molecular weight is 311 g/mol. The van der Waals surface area contributed by atoms with E-state index in [1.54, 1.807) is 0 Å². The number of alkyl halides is 3. The fourth-order valence-corrected chi connectivity index (χ4v) is 2.43. The summed E-state index contributed by atoms with van der Waals surface area (Å²) in [5.74, 6) is -0.299. The number of halogens is 3. The van der Waals surface area contributed by atoms with Gasteiger partial charge in [-0.2, -0.15) is 13.2 Å². The molecule has 5 nitrogen and oxygen atoms in total. The Morgan fingerprint density at radius 1 is 1.24 bits per heavy atom. The van der Waals surface area contributed by atoms with Gasteiger partial charge in [0.2, 0.25) is 0 Å². The quantitative estimate of drug-likeness (QED) is 0.702. The van der Waals surface area contributed by atoms with Crippen molar-refractivity contribution < 1.29 is 22.7 Å². The zero-order valence-electron chi connectivity index (χ0n) is 12.6. The number of rotatable bonds is 7. The zero-order valence-corrected chi connectivity index (χ0v) is 12.6. The molecule has 1 aliphatic heterocycles. The molecule has 1 saturated heterocycles. The summed E-state index contributed by atoms with van der Waals surface area (Å²) >= 11 is 0. The fourth-order valence-electron chi connectivity index (χ4n) is 2.43. The Labute approximate surface area is 123 Å². The summed E-state index contributed by atoms with van der Waals surface area (Å²) in [4.78, 5) is 15.0. The molecule has 0 spiro atoms. The van der Waals surface area contributed by atoms with E-state index in [9.17, 15) is 18.0 Å². The molecule has 1 fully saturated rings. The van der Waals surface area contributed by atoms with Crippen molar-refractivity contribution in [3.05, 3.63) is 0 Å².